The van der Waals surface area contributed by atoms with Gasteiger partial charge in [-0.1, -0.05) is 18.2 Å². The van der Waals surface area contributed by atoms with Gasteiger partial charge in [-0.25, -0.2) is 0 Å². The second-order valence-electron chi connectivity index (χ2n) is 5.20. The van der Waals surface area contributed by atoms with Gasteiger partial charge >= 0.3 is 0 Å². The molecule has 1 saturated heterocycles. The Labute approximate surface area is 123 Å². The first kappa shape index (κ1) is 14.0. The van der Waals surface area contributed by atoms with E-state index in [1.807, 2.05) is 36.5 Å². The number of carbonyl (C=O) groups excluding carboxylic acids is 1. The maximum Gasteiger partial charge on any atom is 0.181 e. The fourth-order valence-electron chi connectivity index (χ4n) is 2.48. The predicted octanol–water partition coefficient (Wildman–Crippen LogP) is 3.29. The molecule has 1 aromatic heterocycles. The number of nitrogens with one attached hydrogen (secondary N) is 1. The van der Waals surface area contributed by atoms with Gasteiger partial charge in [0.05, 0.1) is 0 Å². The van der Waals surface area contributed by atoms with Crippen molar-refractivity contribution in [1.29, 1.82) is 0 Å². The number of H-pyrrole nitrogens is 1. The van der Waals surface area contributed by atoms with Crippen molar-refractivity contribution in [3.05, 3.63) is 42.1 Å². The van der Waals surface area contributed by atoms with E-state index in [9.17, 15) is 4.79 Å². The molecule has 0 aliphatic carbocycles. The van der Waals surface area contributed by atoms with Crippen LogP contribution in [0.15, 0.2) is 36.5 Å². The highest BCUT2D eigenvalue weighted by atomic mass is 16.7. The minimum Gasteiger partial charge on any atom is -0.361 e. The Morgan fingerprint density at radius 1 is 1.38 bits per heavy atom. The second-order valence-corrected chi connectivity index (χ2v) is 5.20. The van der Waals surface area contributed by atoms with Gasteiger partial charge in [-0.3, -0.25) is 4.79 Å². The zero-order chi connectivity index (χ0) is 14.5. The molecule has 2 heterocycles. The summed E-state index contributed by atoms with van der Waals surface area (Å²) >= 11 is 0. The van der Waals surface area contributed by atoms with Crippen molar-refractivity contribution in [3.8, 4) is 0 Å². The molecule has 0 bridgehead atoms. The van der Waals surface area contributed by atoms with Gasteiger partial charge in [0.2, 0.25) is 0 Å². The minimum atomic E-state index is -0.218. The van der Waals surface area contributed by atoms with Crippen molar-refractivity contribution in [2.45, 2.75) is 25.6 Å². The first-order chi connectivity index (χ1) is 10.3. The summed E-state index contributed by atoms with van der Waals surface area (Å²) in [4.78, 5) is 15.0. The summed E-state index contributed by atoms with van der Waals surface area (Å²) in [5.41, 5.74) is 2.07. The summed E-state index contributed by atoms with van der Waals surface area (Å²) in [6, 6.07) is 8.01. The zero-order valence-corrected chi connectivity index (χ0v) is 11.9. The first-order valence-electron chi connectivity index (χ1n) is 7.33. The van der Waals surface area contributed by atoms with Crippen LogP contribution in [0, 0.1) is 0 Å². The van der Waals surface area contributed by atoms with Crippen LogP contribution in [0.4, 0.5) is 0 Å². The van der Waals surface area contributed by atoms with Crippen LogP contribution in [0.25, 0.3) is 17.0 Å². The topological polar surface area (TPSA) is 51.3 Å². The number of hydrogen-bond acceptors (Lipinski definition) is 3. The van der Waals surface area contributed by atoms with Gasteiger partial charge in [-0.15, -0.1) is 0 Å². The summed E-state index contributed by atoms with van der Waals surface area (Å²) < 4.78 is 10.9. The van der Waals surface area contributed by atoms with Crippen LogP contribution in [0.2, 0.25) is 0 Å². The summed E-state index contributed by atoms with van der Waals surface area (Å²) in [7, 11) is 0. The largest absolute Gasteiger partial charge is 0.361 e. The quantitative estimate of drug-likeness (QED) is 0.858. The fraction of sp³-hybridized carbons (Fsp3) is 0.353. The van der Waals surface area contributed by atoms with E-state index in [0.29, 0.717) is 0 Å². The highest BCUT2D eigenvalue weighted by molar-refractivity contribution is 5.97. The number of benzene rings is 1. The summed E-state index contributed by atoms with van der Waals surface area (Å²) in [5.74, 6) is -0.0468. The number of rotatable bonds is 5. The lowest BCUT2D eigenvalue weighted by Gasteiger charge is -2.21. The summed E-state index contributed by atoms with van der Waals surface area (Å²) in [5, 5.41) is 1.11. The van der Waals surface area contributed by atoms with Crippen LogP contribution in [-0.4, -0.2) is 30.3 Å². The fourth-order valence-corrected chi connectivity index (χ4v) is 2.48. The number of fused-ring (bicyclic) bond motifs is 1. The first-order valence-corrected chi connectivity index (χ1v) is 7.33. The molecule has 0 amide bonds. The number of aromatic nitrogens is 1. The van der Waals surface area contributed by atoms with Gasteiger partial charge in [0, 0.05) is 23.7 Å². The van der Waals surface area contributed by atoms with Crippen LogP contribution >= 0.6 is 0 Å². The van der Waals surface area contributed by atoms with Gasteiger partial charge in [-0.2, -0.15) is 0 Å². The van der Waals surface area contributed by atoms with Crippen molar-refractivity contribution in [2.24, 2.45) is 0 Å². The average molecular weight is 285 g/mol. The summed E-state index contributed by atoms with van der Waals surface area (Å²) in [6.45, 7) is 0.799. The molecule has 1 aromatic carbocycles. The Bertz CT molecular complexity index is 638. The molecule has 4 nitrogen and oxygen atoms in total. The van der Waals surface area contributed by atoms with Crippen molar-refractivity contribution in [3.63, 3.8) is 0 Å². The number of ether oxygens (including phenoxy) is 2. The molecular weight excluding hydrogens is 266 g/mol. The molecule has 1 aliphatic heterocycles. The third-order valence-corrected chi connectivity index (χ3v) is 3.62. The molecule has 110 valence electrons. The highest BCUT2D eigenvalue weighted by Gasteiger charge is 2.14. The Morgan fingerprint density at radius 3 is 3.14 bits per heavy atom. The standard InChI is InChI=1S/C17H19NO3/c19-14(12-21-17-7-3-4-10-20-17)9-8-13-11-18-16-6-2-1-5-15(13)16/h1-2,5-6,8-9,11,17-18H,3-4,7,10,12H2/b9-8+. The molecule has 0 saturated carbocycles. The van der Waals surface area contributed by atoms with Gasteiger partial charge in [0.1, 0.15) is 6.61 Å². The van der Waals surface area contributed by atoms with Crippen LogP contribution in [0.3, 0.4) is 0 Å². The zero-order valence-electron chi connectivity index (χ0n) is 11.9. The third kappa shape index (κ3) is 3.60. The van der Waals surface area contributed by atoms with Crippen molar-refractivity contribution < 1.29 is 14.3 Å². The molecule has 0 spiro atoms. The van der Waals surface area contributed by atoms with Crippen molar-refractivity contribution >= 4 is 22.8 Å². The minimum absolute atomic E-state index is 0.0468. The Balaban J connectivity index is 1.56. The van der Waals surface area contributed by atoms with Crippen molar-refractivity contribution in [1.82, 2.24) is 4.98 Å². The van der Waals surface area contributed by atoms with Gasteiger partial charge < -0.3 is 14.5 Å². The van der Waals surface area contributed by atoms with E-state index >= 15 is 0 Å². The van der Waals surface area contributed by atoms with E-state index in [2.05, 4.69) is 4.98 Å². The van der Waals surface area contributed by atoms with Gasteiger partial charge in [0.25, 0.3) is 0 Å². The lowest BCUT2D eigenvalue weighted by atomic mass is 10.1. The molecule has 4 heteroatoms. The number of carbonyl (C=O) groups is 1. The molecule has 1 atom stereocenters. The third-order valence-electron chi connectivity index (χ3n) is 3.62. The van der Waals surface area contributed by atoms with Crippen LogP contribution in [-0.2, 0) is 14.3 Å². The molecule has 21 heavy (non-hydrogen) atoms. The summed E-state index contributed by atoms with van der Waals surface area (Å²) in [6.07, 6.45) is 8.13. The van der Waals surface area contributed by atoms with Crippen LogP contribution in [0.5, 0.6) is 0 Å². The predicted molar refractivity (Wildman–Crippen MR) is 81.9 cm³/mol. The Morgan fingerprint density at radius 2 is 2.29 bits per heavy atom. The van der Waals surface area contributed by atoms with Crippen LogP contribution < -0.4 is 0 Å². The highest BCUT2D eigenvalue weighted by Crippen LogP contribution is 2.19. The molecule has 0 radical (unpaired) electrons. The second kappa shape index (κ2) is 6.70. The smallest absolute Gasteiger partial charge is 0.181 e. The molecular formula is C17H19NO3. The lowest BCUT2D eigenvalue weighted by molar-refractivity contribution is -0.167. The molecule has 1 fully saturated rings. The Kier molecular flexibility index (Phi) is 4.48. The monoisotopic (exact) mass is 285 g/mol. The maximum absolute atomic E-state index is 11.8. The molecule has 1 aliphatic rings. The van der Waals surface area contributed by atoms with Crippen LogP contribution in [0.1, 0.15) is 24.8 Å². The number of ketones is 1. The van der Waals surface area contributed by atoms with E-state index < -0.39 is 0 Å². The molecule has 2 aromatic rings. The Hall–Kier alpha value is -1.91. The number of para-hydroxylation sites is 1. The number of hydrogen-bond donors (Lipinski definition) is 1. The molecule has 1 unspecified atom stereocenters. The van der Waals surface area contributed by atoms with Gasteiger partial charge in [0.15, 0.2) is 12.1 Å². The molecule has 1 N–H and O–H groups in total. The number of aromatic amines is 1. The average Bonchev–Trinajstić information content (AvgIpc) is 2.95. The van der Waals surface area contributed by atoms with Crippen molar-refractivity contribution in [2.75, 3.05) is 13.2 Å². The normalized spacial score (nSPS) is 19.3. The van der Waals surface area contributed by atoms with E-state index in [-0.39, 0.29) is 18.7 Å². The van der Waals surface area contributed by atoms with E-state index in [1.54, 1.807) is 6.08 Å². The van der Waals surface area contributed by atoms with E-state index in [4.69, 9.17) is 9.47 Å². The molecule has 3 rings (SSSR count). The van der Waals surface area contributed by atoms with E-state index in [0.717, 1.165) is 42.3 Å². The maximum atomic E-state index is 11.8. The van der Waals surface area contributed by atoms with E-state index in [1.165, 1.54) is 0 Å². The SMILES string of the molecule is O=C(/C=C/c1c[nH]c2ccccc12)COC1CCCCO1. The van der Waals surface area contributed by atoms with Gasteiger partial charge in [-0.05, 0) is 43.0 Å². The lowest BCUT2D eigenvalue weighted by Crippen LogP contribution is -2.24.